The maximum Gasteiger partial charge on any atom is 0.408 e. The van der Waals surface area contributed by atoms with E-state index in [2.05, 4.69) is 10.3 Å². The Morgan fingerprint density at radius 3 is 2.37 bits per heavy atom. The fourth-order valence-electron chi connectivity index (χ4n) is 4.41. The smallest absolute Gasteiger partial charge is 0.408 e. The van der Waals surface area contributed by atoms with Crippen LogP contribution in [0.2, 0.25) is 0 Å². The molecule has 1 unspecified atom stereocenters. The van der Waals surface area contributed by atoms with E-state index >= 15 is 4.39 Å². The van der Waals surface area contributed by atoms with Crippen LogP contribution in [0.3, 0.4) is 0 Å². The molecule has 0 radical (unpaired) electrons. The molecule has 224 valence electrons. The molecule has 0 aliphatic carbocycles. The second-order valence-electron chi connectivity index (χ2n) is 11.1. The lowest BCUT2D eigenvalue weighted by Crippen LogP contribution is -2.34. The molecule has 8 nitrogen and oxygen atoms in total. The summed E-state index contributed by atoms with van der Waals surface area (Å²) in [5, 5.41) is 12.0. The quantitative estimate of drug-likeness (QED) is 0.191. The lowest BCUT2D eigenvalue weighted by Gasteiger charge is -2.22. The summed E-state index contributed by atoms with van der Waals surface area (Å²) in [7, 11) is 0. The van der Waals surface area contributed by atoms with Crippen LogP contribution in [0.5, 0.6) is 11.5 Å². The summed E-state index contributed by atoms with van der Waals surface area (Å²) in [5.74, 6) is -0.507. The monoisotopic (exact) mass is 586 g/mol. The molecule has 4 aromatic rings. The normalized spacial score (nSPS) is 11.8. The van der Waals surface area contributed by atoms with E-state index in [1.807, 2.05) is 12.1 Å². The summed E-state index contributed by atoms with van der Waals surface area (Å²) in [6, 6.07) is 20.3. The molecule has 9 heteroatoms. The maximum absolute atomic E-state index is 16.0. The molecule has 1 atom stereocenters. The standard InChI is InChI=1S/C34H35FN2O6/c1-22(37-33(40)43-34(2,3)4)28-9-7-10-29(32(28)35)26-16-24(17-27(18-26)41-20-23-12-14-36-15-13-23)21-42-30-11-6-5-8-25(30)19-31(38)39/h5-18,22H,19-21H2,1-4H3,(H,37,40)(H,38,39). The van der Waals surface area contributed by atoms with Gasteiger partial charge < -0.3 is 24.6 Å². The number of amides is 1. The van der Waals surface area contributed by atoms with E-state index in [0.717, 1.165) is 5.56 Å². The number of halogens is 1. The second-order valence-corrected chi connectivity index (χ2v) is 11.1. The predicted octanol–water partition coefficient (Wildman–Crippen LogP) is 7.26. The Labute approximate surface area is 250 Å². The van der Waals surface area contributed by atoms with Gasteiger partial charge in [0.25, 0.3) is 0 Å². The molecular weight excluding hydrogens is 551 g/mol. The number of ether oxygens (including phenoxy) is 3. The van der Waals surface area contributed by atoms with Gasteiger partial charge in [0.05, 0.1) is 12.5 Å². The molecule has 1 heterocycles. The van der Waals surface area contributed by atoms with Crippen molar-refractivity contribution in [3.05, 3.63) is 113 Å². The van der Waals surface area contributed by atoms with Gasteiger partial charge in [-0.05, 0) is 80.8 Å². The first-order chi connectivity index (χ1) is 20.5. The molecule has 0 saturated heterocycles. The van der Waals surface area contributed by atoms with Gasteiger partial charge in [0.2, 0.25) is 0 Å². The van der Waals surface area contributed by atoms with E-state index in [0.29, 0.717) is 39.3 Å². The Bertz CT molecular complexity index is 1570. The van der Waals surface area contributed by atoms with Crippen molar-refractivity contribution in [1.29, 1.82) is 0 Å². The number of carboxylic acids is 1. The number of pyridine rings is 1. The highest BCUT2D eigenvalue weighted by molar-refractivity contribution is 5.72. The summed E-state index contributed by atoms with van der Waals surface area (Å²) >= 11 is 0. The van der Waals surface area contributed by atoms with Crippen molar-refractivity contribution in [3.8, 4) is 22.6 Å². The minimum absolute atomic E-state index is 0.0913. The van der Waals surface area contributed by atoms with Crippen LogP contribution >= 0.6 is 0 Å². The number of hydrogen-bond donors (Lipinski definition) is 2. The SMILES string of the molecule is CC(NC(=O)OC(C)(C)C)c1cccc(-c2cc(COc3ccccc3CC(=O)O)cc(OCc3ccncc3)c2)c1F. The van der Waals surface area contributed by atoms with Crippen molar-refractivity contribution >= 4 is 12.1 Å². The Balaban J connectivity index is 1.64. The van der Waals surface area contributed by atoms with Gasteiger partial charge in [0.15, 0.2) is 0 Å². The van der Waals surface area contributed by atoms with Crippen molar-refractivity contribution in [1.82, 2.24) is 10.3 Å². The topological polar surface area (TPSA) is 107 Å². The largest absolute Gasteiger partial charge is 0.489 e. The van der Waals surface area contributed by atoms with Crippen LogP contribution in [0.25, 0.3) is 11.1 Å². The average molecular weight is 587 g/mol. The number of carbonyl (C=O) groups excluding carboxylic acids is 1. The number of para-hydroxylation sites is 1. The zero-order chi connectivity index (χ0) is 31.0. The first-order valence-corrected chi connectivity index (χ1v) is 13.8. The summed E-state index contributed by atoms with van der Waals surface area (Å²) < 4.78 is 33.5. The Kier molecular flexibility index (Phi) is 9.98. The zero-order valence-corrected chi connectivity index (χ0v) is 24.6. The fraction of sp³-hybridized carbons (Fsp3) is 0.265. The summed E-state index contributed by atoms with van der Waals surface area (Å²) in [6.07, 6.45) is 2.54. The molecule has 3 aromatic carbocycles. The first-order valence-electron chi connectivity index (χ1n) is 13.8. The molecule has 0 saturated carbocycles. The molecule has 0 spiro atoms. The third-order valence-electron chi connectivity index (χ3n) is 6.37. The van der Waals surface area contributed by atoms with Gasteiger partial charge in [-0.1, -0.05) is 36.4 Å². The van der Waals surface area contributed by atoms with Crippen molar-refractivity contribution in [3.63, 3.8) is 0 Å². The van der Waals surface area contributed by atoms with E-state index in [-0.39, 0.29) is 19.6 Å². The van der Waals surface area contributed by atoms with Crippen LogP contribution in [0.1, 0.15) is 56.0 Å². The van der Waals surface area contributed by atoms with Gasteiger partial charge in [0.1, 0.15) is 36.1 Å². The molecule has 4 rings (SSSR count). The van der Waals surface area contributed by atoms with Gasteiger partial charge in [0, 0.05) is 29.1 Å². The number of aromatic nitrogens is 1. The number of rotatable bonds is 11. The van der Waals surface area contributed by atoms with E-state index < -0.39 is 29.5 Å². The zero-order valence-electron chi connectivity index (χ0n) is 24.6. The highest BCUT2D eigenvalue weighted by atomic mass is 19.1. The van der Waals surface area contributed by atoms with E-state index in [1.54, 1.807) is 101 Å². The number of hydrogen-bond acceptors (Lipinski definition) is 6. The number of carboxylic acid groups (broad SMARTS) is 1. The maximum atomic E-state index is 16.0. The van der Waals surface area contributed by atoms with Crippen LogP contribution in [-0.4, -0.2) is 27.8 Å². The lowest BCUT2D eigenvalue weighted by molar-refractivity contribution is -0.136. The van der Waals surface area contributed by atoms with Gasteiger partial charge in [-0.25, -0.2) is 9.18 Å². The van der Waals surface area contributed by atoms with Gasteiger partial charge in [-0.3, -0.25) is 9.78 Å². The highest BCUT2D eigenvalue weighted by Crippen LogP contribution is 2.32. The number of nitrogens with zero attached hydrogens (tertiary/aromatic N) is 1. The van der Waals surface area contributed by atoms with E-state index in [1.165, 1.54) is 0 Å². The van der Waals surface area contributed by atoms with Crippen LogP contribution in [0, 0.1) is 5.82 Å². The van der Waals surface area contributed by atoms with Crippen molar-refractivity contribution in [2.24, 2.45) is 0 Å². The van der Waals surface area contributed by atoms with Crippen LogP contribution < -0.4 is 14.8 Å². The Morgan fingerprint density at radius 2 is 1.65 bits per heavy atom. The number of alkyl carbamates (subject to hydrolysis) is 1. The molecule has 43 heavy (non-hydrogen) atoms. The Morgan fingerprint density at radius 1 is 0.930 bits per heavy atom. The summed E-state index contributed by atoms with van der Waals surface area (Å²) in [4.78, 5) is 27.7. The molecule has 1 aromatic heterocycles. The Hall–Kier alpha value is -4.92. The van der Waals surface area contributed by atoms with Gasteiger partial charge >= 0.3 is 12.1 Å². The molecule has 0 fully saturated rings. The van der Waals surface area contributed by atoms with Crippen LogP contribution in [0.4, 0.5) is 9.18 Å². The second kappa shape index (κ2) is 13.8. The number of benzene rings is 3. The van der Waals surface area contributed by atoms with Crippen molar-refractivity contribution in [2.45, 2.75) is 59.0 Å². The van der Waals surface area contributed by atoms with E-state index in [4.69, 9.17) is 14.2 Å². The molecule has 1 amide bonds. The minimum atomic E-state index is -0.962. The lowest BCUT2D eigenvalue weighted by atomic mass is 9.97. The average Bonchev–Trinajstić information content (AvgIpc) is 2.95. The van der Waals surface area contributed by atoms with Crippen molar-refractivity contribution in [2.75, 3.05) is 0 Å². The van der Waals surface area contributed by atoms with Crippen molar-refractivity contribution < 1.29 is 33.3 Å². The van der Waals surface area contributed by atoms with Crippen LogP contribution in [0.15, 0.2) is 85.2 Å². The summed E-state index contributed by atoms with van der Waals surface area (Å²) in [6.45, 7) is 7.33. The third kappa shape index (κ3) is 9.03. The molecule has 2 N–H and O–H groups in total. The number of nitrogens with one attached hydrogen (secondary N) is 1. The van der Waals surface area contributed by atoms with Gasteiger partial charge in [-0.15, -0.1) is 0 Å². The number of aliphatic carboxylic acids is 1. The highest BCUT2D eigenvalue weighted by Gasteiger charge is 2.21. The summed E-state index contributed by atoms with van der Waals surface area (Å²) in [5.41, 5.74) is 2.63. The fourth-order valence-corrected chi connectivity index (χ4v) is 4.41. The predicted molar refractivity (Wildman–Crippen MR) is 160 cm³/mol. The first kappa shape index (κ1) is 31.0. The third-order valence-corrected chi connectivity index (χ3v) is 6.37. The van der Waals surface area contributed by atoms with Gasteiger partial charge in [-0.2, -0.15) is 0 Å². The number of carbonyl (C=O) groups is 2. The molecule has 0 bridgehead atoms. The van der Waals surface area contributed by atoms with Crippen LogP contribution in [-0.2, 0) is 29.2 Å². The molecular formula is C34H35FN2O6. The molecule has 0 aliphatic heterocycles. The molecule has 0 aliphatic rings. The van der Waals surface area contributed by atoms with E-state index in [9.17, 15) is 14.7 Å². The minimum Gasteiger partial charge on any atom is -0.489 e.